The standard InChI is InChI=1S/C35H28O22/c36-15-1-11(2-16(37)25(15)43)30(47)54-22-8-14(7-21(42)28(22)46)32(49)56-24-10-35(53,34(51)52)9-23(55-31(48)12-3-17(38)26(44)18(39)4-12)29(24)57-33(50)13-5-19(40)27(45)20(41)6-13/h1-8,23-24,29,36-46,53H,9-10H2,(H,51,52)/t23-,24-,29+,35-/m1/s1. The molecule has 0 spiro atoms. The number of rotatable bonds is 9. The van der Waals surface area contributed by atoms with E-state index in [4.69, 9.17) is 18.9 Å². The highest BCUT2D eigenvalue weighted by atomic mass is 16.6. The maximum Gasteiger partial charge on any atom is 0.343 e. The summed E-state index contributed by atoms with van der Waals surface area (Å²) in [6, 6.07) is 4.91. The molecule has 0 aromatic heterocycles. The number of aliphatic hydroxyl groups is 1. The molecule has 0 unspecified atom stereocenters. The van der Waals surface area contributed by atoms with E-state index in [1.54, 1.807) is 0 Å². The molecule has 0 aliphatic heterocycles. The van der Waals surface area contributed by atoms with Crippen LogP contribution >= 0.6 is 0 Å². The van der Waals surface area contributed by atoms with Crippen molar-refractivity contribution in [3.63, 3.8) is 0 Å². The minimum absolute atomic E-state index is 0.559. The van der Waals surface area contributed by atoms with Crippen molar-refractivity contribution in [2.45, 2.75) is 36.8 Å². The fourth-order valence-electron chi connectivity index (χ4n) is 5.48. The number of hydrogen-bond acceptors (Lipinski definition) is 21. The van der Waals surface area contributed by atoms with Gasteiger partial charge in [0.05, 0.1) is 22.3 Å². The first-order valence-electron chi connectivity index (χ1n) is 15.7. The molecule has 22 nitrogen and oxygen atoms in total. The van der Waals surface area contributed by atoms with E-state index in [9.17, 15) is 90.4 Å². The summed E-state index contributed by atoms with van der Waals surface area (Å²) in [6.45, 7) is 0. The molecule has 13 N–H and O–H groups in total. The summed E-state index contributed by atoms with van der Waals surface area (Å²) < 4.78 is 21.1. The highest BCUT2D eigenvalue weighted by molar-refractivity contribution is 5.95. The van der Waals surface area contributed by atoms with Crippen LogP contribution in [0.5, 0.6) is 69.0 Å². The molecule has 57 heavy (non-hydrogen) atoms. The molecule has 0 bridgehead atoms. The number of benzene rings is 4. The highest BCUT2D eigenvalue weighted by Crippen LogP contribution is 2.42. The lowest BCUT2D eigenvalue weighted by molar-refractivity contribution is -0.188. The van der Waals surface area contributed by atoms with Gasteiger partial charge >= 0.3 is 29.8 Å². The zero-order valence-electron chi connectivity index (χ0n) is 28.3. The summed E-state index contributed by atoms with van der Waals surface area (Å²) in [5.41, 5.74) is -5.71. The van der Waals surface area contributed by atoms with E-state index in [1.807, 2.05) is 0 Å². The number of ether oxygens (including phenoxy) is 4. The summed E-state index contributed by atoms with van der Waals surface area (Å²) in [7, 11) is 0. The summed E-state index contributed by atoms with van der Waals surface area (Å²) >= 11 is 0. The van der Waals surface area contributed by atoms with Gasteiger partial charge in [0.25, 0.3) is 0 Å². The summed E-state index contributed by atoms with van der Waals surface area (Å²) in [5, 5.41) is 130. The Morgan fingerprint density at radius 2 is 0.754 bits per heavy atom. The van der Waals surface area contributed by atoms with Crippen molar-refractivity contribution in [2.75, 3.05) is 0 Å². The minimum atomic E-state index is -2.95. The van der Waals surface area contributed by atoms with Crippen LogP contribution in [-0.2, 0) is 19.0 Å². The van der Waals surface area contributed by atoms with Gasteiger partial charge in [-0.25, -0.2) is 24.0 Å². The fraction of sp³-hybridized carbons (Fsp3) is 0.171. The van der Waals surface area contributed by atoms with Crippen molar-refractivity contribution >= 4 is 29.8 Å². The van der Waals surface area contributed by atoms with Crippen molar-refractivity contribution < 1.29 is 109 Å². The first-order valence-corrected chi connectivity index (χ1v) is 15.7. The largest absolute Gasteiger partial charge is 0.504 e. The van der Waals surface area contributed by atoms with Crippen LogP contribution < -0.4 is 4.74 Å². The molecule has 1 aliphatic rings. The van der Waals surface area contributed by atoms with Crippen LogP contribution in [0.4, 0.5) is 0 Å². The molecular weight excluding hydrogens is 772 g/mol. The van der Waals surface area contributed by atoms with E-state index in [-0.39, 0.29) is 0 Å². The van der Waals surface area contributed by atoms with Crippen LogP contribution in [0.15, 0.2) is 48.5 Å². The molecule has 5 rings (SSSR count). The second kappa shape index (κ2) is 15.0. The predicted molar refractivity (Wildman–Crippen MR) is 178 cm³/mol. The smallest absolute Gasteiger partial charge is 0.343 e. The van der Waals surface area contributed by atoms with Crippen LogP contribution in [0.2, 0.25) is 0 Å². The molecule has 0 radical (unpaired) electrons. The second-order valence-corrected chi connectivity index (χ2v) is 12.3. The van der Waals surface area contributed by atoms with Crippen LogP contribution in [0.1, 0.15) is 54.3 Å². The molecular formula is C35H28O22. The van der Waals surface area contributed by atoms with Crippen LogP contribution in [0.25, 0.3) is 0 Å². The van der Waals surface area contributed by atoms with Crippen LogP contribution in [0, 0.1) is 0 Å². The third kappa shape index (κ3) is 8.09. The number of esters is 4. The average Bonchev–Trinajstić information content (AvgIpc) is 3.13. The SMILES string of the molecule is O=C(Oc1cc(C(=O)O[C@@H]2C[C@@](O)(C(=O)O)C[C@@H](OC(=O)c3cc(O)c(O)c(O)c3)[C@@H]2OC(=O)c2cc(O)c(O)c(O)c2)cc(O)c1O)c1cc(O)c(O)c(O)c1. The lowest BCUT2D eigenvalue weighted by atomic mass is 9.79. The normalized spacial score (nSPS) is 18.9. The zero-order valence-corrected chi connectivity index (χ0v) is 28.3. The summed E-state index contributed by atoms with van der Waals surface area (Å²) in [4.78, 5) is 65.2. The van der Waals surface area contributed by atoms with Gasteiger partial charge in [0.15, 0.2) is 74.9 Å². The first-order chi connectivity index (χ1) is 26.6. The van der Waals surface area contributed by atoms with Gasteiger partial charge in [0.1, 0.15) is 12.2 Å². The first kappa shape index (κ1) is 40.2. The number of hydrogen-bond donors (Lipinski definition) is 13. The van der Waals surface area contributed by atoms with E-state index in [0.717, 1.165) is 0 Å². The molecule has 4 atom stereocenters. The van der Waals surface area contributed by atoms with Gasteiger partial charge in [-0.05, 0) is 48.5 Å². The Labute approximate surface area is 315 Å². The van der Waals surface area contributed by atoms with Gasteiger partial charge < -0.3 is 85.3 Å². The number of phenolic OH excluding ortho intramolecular Hbond substituents is 11. The second-order valence-electron chi connectivity index (χ2n) is 12.3. The van der Waals surface area contributed by atoms with Crippen molar-refractivity contribution in [3.8, 4) is 69.0 Å². The Morgan fingerprint density at radius 3 is 1.11 bits per heavy atom. The molecule has 1 saturated carbocycles. The molecule has 0 amide bonds. The summed E-state index contributed by atoms with van der Waals surface area (Å²) in [5.74, 6) is -20.3. The number of carbonyl (C=O) groups is 5. The number of aliphatic carboxylic acids is 1. The van der Waals surface area contributed by atoms with E-state index in [1.165, 1.54) is 0 Å². The molecule has 0 heterocycles. The van der Waals surface area contributed by atoms with E-state index >= 15 is 0 Å². The topological polar surface area (TPSA) is 385 Å². The number of aromatic hydroxyl groups is 11. The number of carboxylic acids is 1. The Bertz CT molecular complexity index is 2260. The summed E-state index contributed by atoms with van der Waals surface area (Å²) in [6.07, 6.45) is -8.63. The lowest BCUT2D eigenvalue weighted by Gasteiger charge is -2.42. The monoisotopic (exact) mass is 800 g/mol. The van der Waals surface area contributed by atoms with Crippen molar-refractivity contribution in [1.82, 2.24) is 0 Å². The van der Waals surface area contributed by atoms with E-state index in [0.29, 0.717) is 48.5 Å². The van der Waals surface area contributed by atoms with Crippen LogP contribution in [0.3, 0.4) is 0 Å². The molecule has 4 aromatic carbocycles. The van der Waals surface area contributed by atoms with Gasteiger partial charge in [-0.15, -0.1) is 0 Å². The molecule has 1 fully saturated rings. The average molecular weight is 801 g/mol. The Balaban J connectivity index is 1.53. The highest BCUT2D eigenvalue weighted by Gasteiger charge is 2.55. The Kier molecular flexibility index (Phi) is 10.6. The third-order valence-corrected chi connectivity index (χ3v) is 8.38. The van der Waals surface area contributed by atoms with Gasteiger partial charge in [-0.1, -0.05) is 0 Å². The molecule has 300 valence electrons. The Morgan fingerprint density at radius 1 is 0.456 bits per heavy atom. The van der Waals surface area contributed by atoms with Gasteiger partial charge in [-0.2, -0.15) is 0 Å². The Hall–Kier alpha value is -8.01. The lowest BCUT2D eigenvalue weighted by Crippen LogP contribution is -2.59. The number of phenols is 11. The molecule has 1 aliphatic carbocycles. The molecule has 4 aromatic rings. The van der Waals surface area contributed by atoms with Crippen LogP contribution in [-0.4, -0.2) is 120 Å². The fourth-order valence-corrected chi connectivity index (χ4v) is 5.48. The maximum atomic E-state index is 13.6. The van der Waals surface area contributed by atoms with Gasteiger partial charge in [0.2, 0.25) is 5.75 Å². The molecule has 22 heteroatoms. The third-order valence-electron chi connectivity index (χ3n) is 8.38. The quantitative estimate of drug-likeness (QED) is 0.0490. The molecule has 0 saturated heterocycles. The number of carbonyl (C=O) groups excluding carboxylic acids is 4. The van der Waals surface area contributed by atoms with E-state index in [2.05, 4.69) is 0 Å². The predicted octanol–water partition coefficient (Wildman–Crippen LogP) is 1.25. The number of carboxylic acid groups (broad SMARTS) is 1. The van der Waals surface area contributed by atoms with Crippen molar-refractivity contribution in [2.24, 2.45) is 0 Å². The van der Waals surface area contributed by atoms with E-state index < -0.39 is 158 Å². The zero-order chi connectivity index (χ0) is 42.3. The van der Waals surface area contributed by atoms with Crippen molar-refractivity contribution in [3.05, 3.63) is 70.8 Å². The minimum Gasteiger partial charge on any atom is -0.504 e. The van der Waals surface area contributed by atoms with Gasteiger partial charge in [-0.3, -0.25) is 0 Å². The maximum absolute atomic E-state index is 13.6. The van der Waals surface area contributed by atoms with Crippen molar-refractivity contribution in [1.29, 1.82) is 0 Å². The van der Waals surface area contributed by atoms with Gasteiger partial charge in [0, 0.05) is 12.8 Å².